The maximum atomic E-state index is 4.33. The van der Waals surface area contributed by atoms with Crippen LogP contribution in [-0.2, 0) is 0 Å². The van der Waals surface area contributed by atoms with E-state index in [-0.39, 0.29) is 18.7 Å². The van der Waals surface area contributed by atoms with Crippen molar-refractivity contribution in [2.45, 2.75) is 6.29 Å². The van der Waals surface area contributed by atoms with Crippen LogP contribution in [0.3, 0.4) is 0 Å². The van der Waals surface area contributed by atoms with E-state index in [1.165, 1.54) is 0 Å². The van der Waals surface area contributed by atoms with Crippen molar-refractivity contribution in [2.75, 3.05) is 33.1 Å². The number of benzene rings is 1. The molecule has 0 atom stereocenters. The minimum absolute atomic E-state index is 0. The summed E-state index contributed by atoms with van der Waals surface area (Å²) in [6.07, 6.45) is 3.93. The molecule has 0 N–H and O–H groups in total. The third-order valence-corrected chi connectivity index (χ3v) is 2.91. The van der Waals surface area contributed by atoms with Crippen LogP contribution in [0.4, 0.5) is 11.4 Å². The summed E-state index contributed by atoms with van der Waals surface area (Å²) in [6.45, 7) is 0. The molecule has 0 aromatic heterocycles. The summed E-state index contributed by atoms with van der Waals surface area (Å²) in [7, 11) is 8.01. The van der Waals surface area contributed by atoms with Gasteiger partial charge < -0.3 is 14.7 Å². The predicted octanol–water partition coefficient (Wildman–Crippen LogP) is 2.89. The van der Waals surface area contributed by atoms with Crippen LogP contribution in [0.15, 0.2) is 46.9 Å². The molecule has 104 valence electrons. The number of nitrogens with zero attached hydrogens (tertiary/aromatic N) is 5. The topological polar surface area (TPSA) is 34.4 Å². The largest absolute Gasteiger partial charge is 0.378 e. The lowest BCUT2D eigenvalue weighted by Gasteiger charge is -2.21. The average molecular weight is 282 g/mol. The lowest BCUT2D eigenvalue weighted by molar-refractivity contribution is 0.206. The van der Waals surface area contributed by atoms with E-state index in [0.717, 1.165) is 11.4 Å². The van der Waals surface area contributed by atoms with Crippen LogP contribution in [0.2, 0.25) is 0 Å². The van der Waals surface area contributed by atoms with Gasteiger partial charge in [0.2, 0.25) is 6.29 Å². The van der Waals surface area contributed by atoms with Crippen molar-refractivity contribution < 1.29 is 0 Å². The third kappa shape index (κ3) is 3.61. The standard InChI is InChI=1S/C13H19N5.ClH/c1-16(2)12-7-5-11(6-8-12)14-15-13-17(3)9-10-18(13)4;/h5-10,13H,1-4H3;1H/b15-14+;. The Morgan fingerprint density at radius 1 is 1.00 bits per heavy atom. The lowest BCUT2D eigenvalue weighted by Crippen LogP contribution is -2.31. The van der Waals surface area contributed by atoms with Gasteiger partial charge in [-0.2, -0.15) is 5.11 Å². The van der Waals surface area contributed by atoms with Crippen molar-refractivity contribution in [1.29, 1.82) is 0 Å². The second kappa shape index (κ2) is 6.43. The van der Waals surface area contributed by atoms with Crippen molar-refractivity contribution in [1.82, 2.24) is 9.80 Å². The number of hydrogen-bond donors (Lipinski definition) is 0. The molecule has 0 unspecified atom stereocenters. The van der Waals surface area contributed by atoms with Gasteiger partial charge in [0.05, 0.1) is 5.69 Å². The van der Waals surface area contributed by atoms with Crippen LogP contribution < -0.4 is 4.90 Å². The maximum absolute atomic E-state index is 4.33. The van der Waals surface area contributed by atoms with Crippen molar-refractivity contribution in [3.05, 3.63) is 36.7 Å². The summed E-state index contributed by atoms with van der Waals surface area (Å²) in [4.78, 5) is 6.08. The number of halogens is 1. The smallest absolute Gasteiger partial charge is 0.217 e. The first kappa shape index (κ1) is 15.3. The molecule has 0 radical (unpaired) electrons. The fourth-order valence-electron chi connectivity index (χ4n) is 1.75. The van der Waals surface area contributed by atoms with E-state index in [1.54, 1.807) is 0 Å². The summed E-state index contributed by atoms with van der Waals surface area (Å²) < 4.78 is 0. The Kier molecular flexibility index (Phi) is 5.18. The molecule has 1 aromatic rings. The van der Waals surface area contributed by atoms with Crippen LogP contribution in [0.25, 0.3) is 0 Å². The van der Waals surface area contributed by atoms with Gasteiger partial charge in [0.15, 0.2) is 0 Å². The molecule has 2 rings (SSSR count). The Morgan fingerprint density at radius 2 is 1.53 bits per heavy atom. The van der Waals surface area contributed by atoms with E-state index < -0.39 is 0 Å². The third-order valence-electron chi connectivity index (χ3n) is 2.91. The molecule has 0 spiro atoms. The molecule has 0 amide bonds. The van der Waals surface area contributed by atoms with E-state index in [2.05, 4.69) is 15.1 Å². The molecule has 0 bridgehead atoms. The Labute approximate surface area is 120 Å². The monoisotopic (exact) mass is 281 g/mol. The second-order valence-electron chi connectivity index (χ2n) is 4.60. The molecule has 0 aliphatic carbocycles. The highest BCUT2D eigenvalue weighted by Gasteiger charge is 2.18. The Morgan fingerprint density at radius 3 is 2.00 bits per heavy atom. The van der Waals surface area contributed by atoms with Gasteiger partial charge in [0, 0.05) is 46.3 Å². The van der Waals surface area contributed by atoms with Crippen molar-refractivity contribution in [2.24, 2.45) is 10.2 Å². The highest BCUT2D eigenvalue weighted by atomic mass is 35.5. The highest BCUT2D eigenvalue weighted by molar-refractivity contribution is 5.85. The summed E-state index contributed by atoms with van der Waals surface area (Å²) in [6, 6.07) is 8.02. The van der Waals surface area contributed by atoms with E-state index in [9.17, 15) is 0 Å². The van der Waals surface area contributed by atoms with Crippen LogP contribution in [-0.4, -0.2) is 44.3 Å². The zero-order valence-electron chi connectivity index (χ0n) is 11.7. The first-order valence-corrected chi connectivity index (χ1v) is 5.88. The van der Waals surface area contributed by atoms with E-state index in [1.807, 2.05) is 74.7 Å². The minimum Gasteiger partial charge on any atom is -0.378 e. The van der Waals surface area contributed by atoms with Crippen LogP contribution in [0, 0.1) is 0 Å². The molecular weight excluding hydrogens is 262 g/mol. The van der Waals surface area contributed by atoms with E-state index in [0.29, 0.717) is 0 Å². The second-order valence-corrected chi connectivity index (χ2v) is 4.60. The van der Waals surface area contributed by atoms with E-state index in [4.69, 9.17) is 0 Å². The fourth-order valence-corrected chi connectivity index (χ4v) is 1.75. The molecule has 1 heterocycles. The fraction of sp³-hybridized carbons (Fsp3) is 0.385. The molecule has 0 saturated heterocycles. The van der Waals surface area contributed by atoms with Gasteiger partial charge >= 0.3 is 0 Å². The molecule has 0 saturated carbocycles. The molecule has 6 heteroatoms. The van der Waals surface area contributed by atoms with Gasteiger partial charge in [0.1, 0.15) is 0 Å². The quantitative estimate of drug-likeness (QED) is 0.799. The number of anilines is 1. The molecule has 1 aromatic carbocycles. The normalized spacial score (nSPS) is 15.2. The lowest BCUT2D eigenvalue weighted by atomic mass is 10.3. The molecular formula is C13H20ClN5. The number of hydrogen-bond acceptors (Lipinski definition) is 5. The number of rotatable bonds is 3. The molecule has 5 nitrogen and oxygen atoms in total. The first-order valence-electron chi connectivity index (χ1n) is 5.88. The van der Waals surface area contributed by atoms with Gasteiger partial charge in [-0.1, -0.05) is 0 Å². The van der Waals surface area contributed by atoms with Crippen molar-refractivity contribution in [3.63, 3.8) is 0 Å². The van der Waals surface area contributed by atoms with Gasteiger partial charge in [-0.25, -0.2) is 0 Å². The maximum Gasteiger partial charge on any atom is 0.217 e. The zero-order valence-corrected chi connectivity index (χ0v) is 12.5. The summed E-state index contributed by atoms with van der Waals surface area (Å²) in [5.41, 5.74) is 2.03. The molecule has 1 aliphatic rings. The first-order chi connectivity index (χ1) is 8.58. The van der Waals surface area contributed by atoms with Crippen LogP contribution in [0.5, 0.6) is 0 Å². The molecule has 19 heavy (non-hydrogen) atoms. The number of azo groups is 1. The van der Waals surface area contributed by atoms with Gasteiger partial charge in [-0.05, 0) is 24.3 Å². The van der Waals surface area contributed by atoms with Crippen molar-refractivity contribution in [3.8, 4) is 0 Å². The Balaban J connectivity index is 0.00000180. The molecule has 1 aliphatic heterocycles. The van der Waals surface area contributed by atoms with Crippen molar-refractivity contribution >= 4 is 23.8 Å². The zero-order chi connectivity index (χ0) is 13.1. The summed E-state index contributed by atoms with van der Waals surface area (Å²) in [5.74, 6) is 0. The summed E-state index contributed by atoms with van der Waals surface area (Å²) >= 11 is 0. The minimum atomic E-state index is -0.0430. The highest BCUT2D eigenvalue weighted by Crippen LogP contribution is 2.20. The van der Waals surface area contributed by atoms with Crippen LogP contribution >= 0.6 is 12.4 Å². The van der Waals surface area contributed by atoms with Gasteiger partial charge in [-0.15, -0.1) is 17.5 Å². The SMILES string of the molecule is CN(C)c1ccc(/N=N/C2N(C)C=CN2C)cc1.Cl. The van der Waals surface area contributed by atoms with Gasteiger partial charge in [0.25, 0.3) is 0 Å². The Bertz CT molecular complexity index is 443. The van der Waals surface area contributed by atoms with E-state index >= 15 is 0 Å². The van der Waals surface area contributed by atoms with Gasteiger partial charge in [-0.3, -0.25) is 0 Å². The Hall–Kier alpha value is -1.75. The average Bonchev–Trinajstić information content (AvgIpc) is 2.67. The molecule has 0 fully saturated rings. The summed E-state index contributed by atoms with van der Waals surface area (Å²) in [5, 5.41) is 8.60. The van der Waals surface area contributed by atoms with Crippen LogP contribution in [0.1, 0.15) is 0 Å². The predicted molar refractivity (Wildman–Crippen MR) is 81.0 cm³/mol.